The fraction of sp³-hybridized carbons (Fsp3) is 0.0769. The first kappa shape index (κ1) is 20.5. The number of carbonyl (C=O) groups is 2. The van der Waals surface area contributed by atoms with E-state index in [0.717, 1.165) is 27.7 Å². The highest BCUT2D eigenvalue weighted by molar-refractivity contribution is 6.10. The minimum absolute atomic E-state index is 0.0800. The Morgan fingerprint density at radius 3 is 2.39 bits per heavy atom. The maximum atomic E-state index is 13.4. The van der Waals surface area contributed by atoms with Crippen LogP contribution in [0.25, 0.3) is 33.1 Å². The number of aryl methyl sites for hydroxylation is 1. The third kappa shape index (κ3) is 3.85. The second kappa shape index (κ2) is 8.27. The molecule has 4 N–H and O–H groups in total. The van der Waals surface area contributed by atoms with E-state index in [1.165, 1.54) is 12.1 Å². The van der Waals surface area contributed by atoms with Crippen molar-refractivity contribution in [2.24, 2.45) is 5.73 Å². The van der Waals surface area contributed by atoms with Gasteiger partial charge in [0, 0.05) is 28.4 Å². The first-order valence-electron chi connectivity index (χ1n) is 10.5. The van der Waals surface area contributed by atoms with Crippen LogP contribution in [0.2, 0.25) is 0 Å². The van der Waals surface area contributed by atoms with Gasteiger partial charge in [-0.05, 0) is 60.0 Å². The van der Waals surface area contributed by atoms with Crippen LogP contribution in [-0.4, -0.2) is 16.8 Å². The molecule has 0 aliphatic rings. The molecule has 0 saturated heterocycles. The summed E-state index contributed by atoms with van der Waals surface area (Å²) in [5.41, 5.74) is 9.76. The zero-order chi connectivity index (χ0) is 22.9. The number of anilines is 1. The van der Waals surface area contributed by atoms with Crippen LogP contribution in [0.1, 0.15) is 22.5 Å². The normalized spacial score (nSPS) is 11.2. The van der Waals surface area contributed by atoms with Crippen molar-refractivity contribution in [2.75, 3.05) is 5.32 Å². The van der Waals surface area contributed by atoms with Crippen molar-refractivity contribution in [3.05, 3.63) is 89.9 Å². The summed E-state index contributed by atoms with van der Waals surface area (Å²) >= 11 is 0. The number of fused-ring (bicyclic) bond motifs is 2. The third-order valence-electron chi connectivity index (χ3n) is 5.63. The first-order chi connectivity index (χ1) is 16.0. The minimum atomic E-state index is -0.753. The average Bonchev–Trinajstić information content (AvgIpc) is 3.37. The van der Waals surface area contributed by atoms with Crippen LogP contribution >= 0.6 is 0 Å². The SMILES string of the molecule is NC(=O)c1oc2ccccc2c1NC(=O)CCc1c(-c2ccc(F)cc2)[nH]c2ccccc12. The largest absolute Gasteiger partial charge is 0.449 e. The van der Waals surface area contributed by atoms with E-state index in [9.17, 15) is 14.0 Å². The monoisotopic (exact) mass is 441 g/mol. The number of hydrogen-bond donors (Lipinski definition) is 3. The maximum Gasteiger partial charge on any atom is 0.286 e. The van der Waals surface area contributed by atoms with E-state index in [0.29, 0.717) is 17.4 Å². The van der Waals surface area contributed by atoms with Crippen molar-refractivity contribution in [1.82, 2.24) is 4.98 Å². The van der Waals surface area contributed by atoms with Gasteiger partial charge in [0.1, 0.15) is 17.1 Å². The Bertz CT molecular complexity index is 1500. The van der Waals surface area contributed by atoms with Crippen LogP contribution < -0.4 is 11.1 Å². The molecule has 2 aromatic heterocycles. The number of nitrogens with two attached hydrogens (primary N) is 1. The molecular formula is C26H20FN3O3. The minimum Gasteiger partial charge on any atom is -0.449 e. The molecule has 0 aliphatic heterocycles. The molecule has 33 heavy (non-hydrogen) atoms. The molecule has 5 aromatic rings. The predicted molar refractivity (Wildman–Crippen MR) is 125 cm³/mol. The number of para-hydroxylation sites is 2. The summed E-state index contributed by atoms with van der Waals surface area (Å²) < 4.78 is 19.0. The third-order valence-corrected chi connectivity index (χ3v) is 5.63. The molecule has 0 bridgehead atoms. The molecule has 0 aliphatic carbocycles. The molecular weight excluding hydrogens is 421 g/mol. The Hall–Kier alpha value is -4.39. The lowest BCUT2D eigenvalue weighted by molar-refractivity contribution is -0.116. The Balaban J connectivity index is 1.44. The summed E-state index contributed by atoms with van der Waals surface area (Å²) in [6.45, 7) is 0. The highest BCUT2D eigenvalue weighted by atomic mass is 19.1. The predicted octanol–water partition coefficient (Wildman–Crippen LogP) is 5.39. The number of benzene rings is 3. The van der Waals surface area contributed by atoms with Crippen molar-refractivity contribution in [2.45, 2.75) is 12.8 Å². The molecule has 0 unspecified atom stereocenters. The number of carbonyl (C=O) groups excluding carboxylic acids is 2. The van der Waals surface area contributed by atoms with Gasteiger partial charge in [-0.25, -0.2) is 4.39 Å². The number of rotatable bonds is 6. The van der Waals surface area contributed by atoms with Gasteiger partial charge >= 0.3 is 0 Å². The van der Waals surface area contributed by atoms with E-state index in [1.807, 2.05) is 24.3 Å². The second-order valence-corrected chi connectivity index (χ2v) is 7.75. The van der Waals surface area contributed by atoms with Crippen LogP contribution in [0.15, 0.2) is 77.2 Å². The number of H-pyrrole nitrogens is 1. The number of primary amides is 1. The van der Waals surface area contributed by atoms with E-state index in [4.69, 9.17) is 10.2 Å². The van der Waals surface area contributed by atoms with Crippen molar-refractivity contribution in [3.8, 4) is 11.3 Å². The Labute approximate surface area is 188 Å². The molecule has 0 fully saturated rings. The van der Waals surface area contributed by atoms with Gasteiger partial charge in [0.15, 0.2) is 0 Å². The molecule has 164 valence electrons. The number of nitrogens with one attached hydrogen (secondary N) is 2. The number of amides is 2. The maximum absolute atomic E-state index is 13.4. The van der Waals surface area contributed by atoms with Gasteiger partial charge in [-0.15, -0.1) is 0 Å². The van der Waals surface area contributed by atoms with E-state index in [1.54, 1.807) is 36.4 Å². The number of halogens is 1. The lowest BCUT2D eigenvalue weighted by Crippen LogP contribution is -2.17. The Morgan fingerprint density at radius 1 is 0.939 bits per heavy atom. The molecule has 0 radical (unpaired) electrons. The smallest absolute Gasteiger partial charge is 0.286 e. The van der Waals surface area contributed by atoms with Crippen molar-refractivity contribution < 1.29 is 18.4 Å². The van der Waals surface area contributed by atoms with Crippen LogP contribution in [-0.2, 0) is 11.2 Å². The highest BCUT2D eigenvalue weighted by Crippen LogP contribution is 2.33. The standard InChI is InChI=1S/C26H20FN3O3/c27-16-11-9-15(10-12-16)23-18(17-5-1-3-7-20(17)29-23)13-14-22(31)30-24-19-6-2-4-8-21(19)33-25(24)26(28)32/h1-12,29H,13-14H2,(H2,28,32)(H,30,31). The van der Waals surface area contributed by atoms with Gasteiger partial charge < -0.3 is 20.5 Å². The zero-order valence-corrected chi connectivity index (χ0v) is 17.5. The Kier molecular flexibility index (Phi) is 5.14. The molecule has 0 spiro atoms. The van der Waals surface area contributed by atoms with Crippen molar-refractivity contribution in [3.63, 3.8) is 0 Å². The lowest BCUT2D eigenvalue weighted by Gasteiger charge is -2.07. The summed E-state index contributed by atoms with van der Waals surface area (Å²) in [4.78, 5) is 28.1. The lowest BCUT2D eigenvalue weighted by atomic mass is 10.0. The molecule has 0 saturated carbocycles. The molecule has 2 amide bonds. The van der Waals surface area contributed by atoms with Crippen molar-refractivity contribution in [1.29, 1.82) is 0 Å². The molecule has 6 nitrogen and oxygen atoms in total. The molecule has 3 aromatic carbocycles. The van der Waals surface area contributed by atoms with Crippen LogP contribution in [0.4, 0.5) is 10.1 Å². The van der Waals surface area contributed by atoms with Crippen LogP contribution in [0.5, 0.6) is 0 Å². The van der Waals surface area contributed by atoms with Gasteiger partial charge in [0.2, 0.25) is 11.7 Å². The highest BCUT2D eigenvalue weighted by Gasteiger charge is 2.21. The van der Waals surface area contributed by atoms with Crippen molar-refractivity contribution >= 4 is 39.4 Å². The van der Waals surface area contributed by atoms with E-state index in [-0.39, 0.29) is 29.6 Å². The van der Waals surface area contributed by atoms with E-state index in [2.05, 4.69) is 10.3 Å². The zero-order valence-electron chi connectivity index (χ0n) is 17.5. The summed E-state index contributed by atoms with van der Waals surface area (Å²) in [6, 6.07) is 21.1. The van der Waals surface area contributed by atoms with Gasteiger partial charge in [0.05, 0.1) is 0 Å². The number of hydrogen-bond acceptors (Lipinski definition) is 3. The molecule has 0 atom stereocenters. The summed E-state index contributed by atoms with van der Waals surface area (Å²) in [5.74, 6) is -1.42. The second-order valence-electron chi connectivity index (χ2n) is 7.75. The van der Waals surface area contributed by atoms with Gasteiger partial charge in [-0.2, -0.15) is 0 Å². The number of aromatic amines is 1. The quantitative estimate of drug-likeness (QED) is 0.329. The van der Waals surface area contributed by atoms with Crippen LogP contribution in [0, 0.1) is 5.82 Å². The topological polar surface area (TPSA) is 101 Å². The first-order valence-corrected chi connectivity index (χ1v) is 10.5. The van der Waals surface area contributed by atoms with E-state index < -0.39 is 5.91 Å². The number of aromatic nitrogens is 1. The molecule has 2 heterocycles. The summed E-state index contributed by atoms with van der Waals surface area (Å²) in [6.07, 6.45) is 0.595. The van der Waals surface area contributed by atoms with Gasteiger partial charge in [-0.1, -0.05) is 30.3 Å². The summed E-state index contributed by atoms with van der Waals surface area (Å²) in [7, 11) is 0. The fourth-order valence-electron chi connectivity index (χ4n) is 4.11. The average molecular weight is 441 g/mol. The van der Waals surface area contributed by atoms with Gasteiger partial charge in [0.25, 0.3) is 5.91 Å². The van der Waals surface area contributed by atoms with Gasteiger partial charge in [-0.3, -0.25) is 9.59 Å². The Morgan fingerprint density at radius 2 is 1.64 bits per heavy atom. The molecule has 7 heteroatoms. The summed E-state index contributed by atoms with van der Waals surface area (Å²) in [5, 5.41) is 4.41. The van der Waals surface area contributed by atoms with E-state index >= 15 is 0 Å². The van der Waals surface area contributed by atoms with Crippen LogP contribution in [0.3, 0.4) is 0 Å². The number of furan rings is 1. The fourth-order valence-corrected chi connectivity index (χ4v) is 4.11. The molecule has 5 rings (SSSR count).